The molecule has 0 aliphatic rings. The van der Waals surface area contributed by atoms with Crippen LogP contribution in [0.1, 0.15) is 39.3 Å². The first kappa shape index (κ1) is 22.1. The predicted molar refractivity (Wildman–Crippen MR) is 121 cm³/mol. The summed E-state index contributed by atoms with van der Waals surface area (Å²) < 4.78 is 15.6. The van der Waals surface area contributed by atoms with Gasteiger partial charge >= 0.3 is 17.2 Å². The number of esters is 1. The predicted octanol–water partition coefficient (Wildman–Crippen LogP) is 3.85. The van der Waals surface area contributed by atoms with Gasteiger partial charge in [-0.25, -0.2) is 9.59 Å². The van der Waals surface area contributed by atoms with Crippen LogP contribution in [0.4, 0.5) is 0 Å². The molecule has 4 rings (SSSR count). The summed E-state index contributed by atoms with van der Waals surface area (Å²) in [6, 6.07) is 6.40. The van der Waals surface area contributed by atoms with E-state index in [1.54, 1.807) is 24.3 Å². The number of rotatable bonds is 3. The molecule has 0 bridgehead atoms. The average Bonchev–Trinajstić information content (AvgIpc) is 2.75. The highest BCUT2D eigenvalue weighted by Crippen LogP contribution is 2.40. The van der Waals surface area contributed by atoms with E-state index in [-0.39, 0.29) is 21.9 Å². The fraction of sp³-hybridized carbons (Fsp3) is 0.240. The van der Waals surface area contributed by atoms with E-state index in [4.69, 9.17) is 13.6 Å². The third-order valence-corrected chi connectivity index (χ3v) is 6.07. The van der Waals surface area contributed by atoms with Gasteiger partial charge in [0.25, 0.3) is 0 Å². The molecule has 0 aliphatic carbocycles. The van der Waals surface area contributed by atoms with Gasteiger partial charge in [0.15, 0.2) is 0 Å². The van der Waals surface area contributed by atoms with Crippen molar-refractivity contribution in [1.29, 1.82) is 0 Å². The van der Waals surface area contributed by atoms with Crippen molar-refractivity contribution in [2.24, 2.45) is 0 Å². The molecule has 0 radical (unpaired) electrons. The zero-order chi connectivity index (χ0) is 24.2. The number of hydrogen-bond acceptors (Lipinski definition) is 8. The molecule has 4 aromatic rings. The summed E-state index contributed by atoms with van der Waals surface area (Å²) in [6.45, 7) is 7.26. The van der Waals surface area contributed by atoms with Crippen LogP contribution in [0.5, 0.6) is 11.5 Å². The van der Waals surface area contributed by atoms with Crippen molar-refractivity contribution in [3.63, 3.8) is 0 Å². The van der Waals surface area contributed by atoms with Gasteiger partial charge in [-0.1, -0.05) is 0 Å². The van der Waals surface area contributed by atoms with Crippen molar-refractivity contribution in [2.45, 2.75) is 33.6 Å². The monoisotopic (exact) mass is 450 g/mol. The number of aryl methyl sites for hydroxylation is 4. The summed E-state index contributed by atoms with van der Waals surface area (Å²) in [4.78, 5) is 38.7. The first-order valence-corrected chi connectivity index (χ1v) is 10.2. The quantitative estimate of drug-likeness (QED) is 0.356. The molecule has 2 aromatic heterocycles. The SMILES string of the molecule is COC(=O)C(c1c(O)c2cc(C)c(C)cc2oc1=O)c1c(O)c2cc(C)c(C)cc2oc1=O. The second-order valence-corrected chi connectivity index (χ2v) is 8.13. The zero-order valence-electron chi connectivity index (χ0n) is 18.7. The summed E-state index contributed by atoms with van der Waals surface area (Å²) in [5.41, 5.74) is 0.392. The standard InChI is InChI=1S/C25H22O8/c1-10-6-14-16(8-12(10)3)32-24(29)19(21(14)26)18(23(28)31-5)20-22(27)15-7-11(2)13(4)9-17(15)33-25(20)30/h6-9,18,26-27H,1-5H3. The van der Waals surface area contributed by atoms with E-state index in [1.807, 2.05) is 27.7 Å². The van der Waals surface area contributed by atoms with Crippen LogP contribution in [-0.4, -0.2) is 23.3 Å². The lowest BCUT2D eigenvalue weighted by Crippen LogP contribution is -2.27. The van der Waals surface area contributed by atoms with Gasteiger partial charge in [-0.2, -0.15) is 0 Å². The molecule has 170 valence electrons. The van der Waals surface area contributed by atoms with Crippen LogP contribution >= 0.6 is 0 Å². The lowest BCUT2D eigenvalue weighted by Gasteiger charge is -2.17. The molecule has 2 aromatic carbocycles. The fourth-order valence-corrected chi connectivity index (χ4v) is 3.92. The van der Waals surface area contributed by atoms with E-state index in [2.05, 4.69) is 0 Å². The van der Waals surface area contributed by atoms with Crippen molar-refractivity contribution < 1.29 is 28.6 Å². The Bertz CT molecular complexity index is 1460. The van der Waals surface area contributed by atoms with Crippen LogP contribution < -0.4 is 11.3 Å². The third-order valence-electron chi connectivity index (χ3n) is 6.07. The highest BCUT2D eigenvalue weighted by Gasteiger charge is 2.37. The van der Waals surface area contributed by atoms with Crippen molar-refractivity contribution >= 4 is 27.9 Å². The Balaban J connectivity index is 2.11. The molecule has 0 saturated heterocycles. The van der Waals surface area contributed by atoms with Crippen molar-refractivity contribution in [3.05, 3.63) is 78.5 Å². The number of benzene rings is 2. The Morgan fingerprint density at radius 2 is 1.12 bits per heavy atom. The maximum Gasteiger partial charge on any atom is 0.344 e. The maximum absolute atomic E-state index is 12.9. The second kappa shape index (κ2) is 7.81. The smallest absolute Gasteiger partial charge is 0.344 e. The van der Waals surface area contributed by atoms with Gasteiger partial charge in [-0.3, -0.25) is 4.79 Å². The van der Waals surface area contributed by atoms with Gasteiger partial charge in [0, 0.05) is 0 Å². The van der Waals surface area contributed by atoms with E-state index < -0.39 is 45.8 Å². The summed E-state index contributed by atoms with van der Waals surface area (Å²) in [6.07, 6.45) is 0. The number of aromatic hydroxyl groups is 2. The summed E-state index contributed by atoms with van der Waals surface area (Å²) in [7, 11) is 1.07. The van der Waals surface area contributed by atoms with Gasteiger partial charge in [0.2, 0.25) is 0 Å². The van der Waals surface area contributed by atoms with Crippen molar-refractivity contribution in [1.82, 2.24) is 0 Å². The fourth-order valence-electron chi connectivity index (χ4n) is 3.92. The third kappa shape index (κ3) is 3.44. The normalized spacial score (nSPS) is 11.5. The first-order chi connectivity index (χ1) is 15.5. The summed E-state index contributed by atoms with van der Waals surface area (Å²) in [5, 5.41) is 22.4. The van der Waals surface area contributed by atoms with Crippen LogP contribution in [0.15, 0.2) is 42.7 Å². The van der Waals surface area contributed by atoms with Crippen LogP contribution in [0.3, 0.4) is 0 Å². The van der Waals surface area contributed by atoms with Crippen molar-refractivity contribution in [2.75, 3.05) is 7.11 Å². The van der Waals surface area contributed by atoms with Gasteiger partial charge in [0.1, 0.15) is 28.6 Å². The molecule has 2 heterocycles. The number of ether oxygens (including phenoxy) is 1. The Labute approximate surface area is 187 Å². The highest BCUT2D eigenvalue weighted by molar-refractivity contribution is 5.93. The Hall–Kier alpha value is -4.07. The van der Waals surface area contributed by atoms with Crippen LogP contribution in [0.25, 0.3) is 21.9 Å². The number of carbonyl (C=O) groups is 1. The minimum atomic E-state index is -1.78. The topological polar surface area (TPSA) is 127 Å². The van der Waals surface area contributed by atoms with E-state index in [9.17, 15) is 24.6 Å². The Morgan fingerprint density at radius 3 is 1.48 bits per heavy atom. The molecule has 33 heavy (non-hydrogen) atoms. The molecule has 8 heteroatoms. The molecule has 0 fully saturated rings. The molecular weight excluding hydrogens is 428 g/mol. The average molecular weight is 450 g/mol. The van der Waals surface area contributed by atoms with E-state index in [0.29, 0.717) is 0 Å². The second-order valence-electron chi connectivity index (χ2n) is 8.13. The van der Waals surface area contributed by atoms with Gasteiger partial charge in [0.05, 0.1) is 29.0 Å². The molecule has 2 N–H and O–H groups in total. The van der Waals surface area contributed by atoms with E-state index in [0.717, 1.165) is 29.4 Å². The summed E-state index contributed by atoms with van der Waals surface area (Å²) >= 11 is 0. The van der Waals surface area contributed by atoms with Gasteiger partial charge < -0.3 is 23.8 Å². The Kier molecular flexibility index (Phi) is 5.24. The Morgan fingerprint density at radius 1 is 0.758 bits per heavy atom. The first-order valence-electron chi connectivity index (χ1n) is 10.2. The number of fused-ring (bicyclic) bond motifs is 2. The van der Waals surface area contributed by atoms with Crippen LogP contribution in [-0.2, 0) is 9.53 Å². The van der Waals surface area contributed by atoms with Gasteiger partial charge in [-0.15, -0.1) is 0 Å². The molecule has 8 nitrogen and oxygen atoms in total. The highest BCUT2D eigenvalue weighted by atomic mass is 16.5. The molecular formula is C25H22O8. The van der Waals surface area contributed by atoms with Gasteiger partial charge in [-0.05, 0) is 74.2 Å². The minimum Gasteiger partial charge on any atom is -0.507 e. The largest absolute Gasteiger partial charge is 0.507 e. The van der Waals surface area contributed by atoms with E-state index >= 15 is 0 Å². The zero-order valence-corrected chi connectivity index (χ0v) is 18.7. The maximum atomic E-state index is 12.9. The molecule has 0 aliphatic heterocycles. The number of carbonyl (C=O) groups excluding carboxylic acids is 1. The minimum absolute atomic E-state index is 0.119. The lowest BCUT2D eigenvalue weighted by atomic mass is 9.90. The van der Waals surface area contributed by atoms with Crippen LogP contribution in [0, 0.1) is 27.7 Å². The molecule has 0 spiro atoms. The molecule has 0 amide bonds. The number of hydrogen-bond donors (Lipinski definition) is 2. The van der Waals surface area contributed by atoms with E-state index in [1.165, 1.54) is 0 Å². The number of methoxy groups -OCH3 is 1. The summed E-state index contributed by atoms with van der Waals surface area (Å²) in [5.74, 6) is -3.91. The molecule has 0 atom stereocenters. The molecule has 0 saturated carbocycles. The van der Waals surface area contributed by atoms with Crippen LogP contribution in [0.2, 0.25) is 0 Å². The molecule has 0 unspecified atom stereocenters. The van der Waals surface area contributed by atoms with Crippen molar-refractivity contribution in [3.8, 4) is 11.5 Å². The lowest BCUT2D eigenvalue weighted by molar-refractivity contribution is -0.141.